The highest BCUT2D eigenvalue weighted by molar-refractivity contribution is 6.09. The van der Waals surface area contributed by atoms with Crippen LogP contribution in [0.1, 0.15) is 17.3 Å². The van der Waals surface area contributed by atoms with Gasteiger partial charge < -0.3 is 15.4 Å². The summed E-state index contributed by atoms with van der Waals surface area (Å²) in [6.45, 7) is 1.42. The third kappa shape index (κ3) is 4.52. The van der Waals surface area contributed by atoms with Crippen LogP contribution in [0.4, 0.5) is 11.4 Å². The second-order valence-corrected chi connectivity index (χ2v) is 7.09. The Morgan fingerprint density at radius 1 is 0.906 bits per heavy atom. The maximum absolute atomic E-state index is 13.3. The molecule has 2 amide bonds. The summed E-state index contributed by atoms with van der Waals surface area (Å²) in [5.74, 6) is -0.0728. The Balaban J connectivity index is 1.74. The quantitative estimate of drug-likeness (QED) is 0.466. The summed E-state index contributed by atoms with van der Waals surface area (Å²) in [5, 5.41) is 10.3. The smallest absolute Gasteiger partial charge is 0.259 e. The summed E-state index contributed by atoms with van der Waals surface area (Å²) in [7, 11) is 1.52. The number of ether oxygens (including phenoxy) is 1. The number of benzene rings is 3. The molecule has 32 heavy (non-hydrogen) atoms. The maximum Gasteiger partial charge on any atom is 0.259 e. The highest BCUT2D eigenvalue weighted by atomic mass is 16.5. The molecule has 0 atom stereocenters. The Bertz CT molecular complexity index is 1250. The lowest BCUT2D eigenvalue weighted by Gasteiger charge is -2.12. The molecule has 0 aliphatic carbocycles. The molecule has 0 radical (unpaired) electrons. The van der Waals surface area contributed by atoms with E-state index in [1.165, 1.54) is 14.0 Å². The van der Waals surface area contributed by atoms with Crippen LogP contribution in [0.2, 0.25) is 0 Å². The van der Waals surface area contributed by atoms with Gasteiger partial charge in [-0.1, -0.05) is 48.5 Å². The van der Waals surface area contributed by atoms with E-state index >= 15 is 0 Å². The van der Waals surface area contributed by atoms with Gasteiger partial charge in [0.1, 0.15) is 11.4 Å². The molecule has 0 fully saturated rings. The maximum atomic E-state index is 13.3. The van der Waals surface area contributed by atoms with Crippen LogP contribution in [0.5, 0.6) is 5.75 Å². The number of hydrogen-bond donors (Lipinski definition) is 2. The van der Waals surface area contributed by atoms with E-state index in [4.69, 9.17) is 4.74 Å². The van der Waals surface area contributed by atoms with E-state index in [-0.39, 0.29) is 11.8 Å². The molecular weight excluding hydrogens is 404 g/mol. The molecule has 3 aromatic carbocycles. The molecule has 160 valence electrons. The minimum Gasteiger partial charge on any atom is -0.495 e. The molecule has 0 aliphatic rings. The summed E-state index contributed by atoms with van der Waals surface area (Å²) < 4.78 is 7.07. The van der Waals surface area contributed by atoms with E-state index in [0.29, 0.717) is 28.4 Å². The number of methoxy groups -OCH3 is 1. The average Bonchev–Trinajstić information content (AvgIpc) is 3.26. The molecule has 4 aromatic rings. The van der Waals surface area contributed by atoms with Gasteiger partial charge in [-0.15, -0.1) is 0 Å². The fraction of sp³-hybridized carbons (Fsp3) is 0.0800. The lowest BCUT2D eigenvalue weighted by atomic mass is 10.1. The highest BCUT2D eigenvalue weighted by Gasteiger charge is 2.20. The summed E-state index contributed by atoms with van der Waals surface area (Å²) >= 11 is 0. The van der Waals surface area contributed by atoms with Crippen LogP contribution in [0.15, 0.2) is 85.1 Å². The van der Waals surface area contributed by atoms with Crippen molar-refractivity contribution < 1.29 is 14.3 Å². The Labute approximate surface area is 185 Å². The van der Waals surface area contributed by atoms with Crippen LogP contribution >= 0.6 is 0 Å². The van der Waals surface area contributed by atoms with Crippen LogP contribution < -0.4 is 15.4 Å². The van der Waals surface area contributed by atoms with E-state index in [1.54, 1.807) is 29.1 Å². The van der Waals surface area contributed by atoms with Crippen molar-refractivity contribution in [2.75, 3.05) is 17.7 Å². The summed E-state index contributed by atoms with van der Waals surface area (Å²) in [6.07, 6.45) is 1.71. The molecule has 0 saturated carbocycles. The SMILES string of the molecule is COc1ccc(NC(C)=O)cc1NC(=O)c1cn(-c2ccccc2)nc1-c1ccccc1. The van der Waals surface area contributed by atoms with Gasteiger partial charge in [0.05, 0.1) is 24.0 Å². The largest absolute Gasteiger partial charge is 0.495 e. The van der Waals surface area contributed by atoms with E-state index in [9.17, 15) is 9.59 Å². The third-order valence-corrected chi connectivity index (χ3v) is 4.79. The number of para-hydroxylation sites is 1. The standard InChI is InChI=1S/C25H22N4O3/c1-17(30)26-19-13-14-23(32-2)22(15-19)27-25(31)21-16-29(20-11-7-4-8-12-20)28-24(21)18-9-5-3-6-10-18/h3-16H,1-2H3,(H,26,30)(H,27,31). The Morgan fingerprint density at radius 3 is 2.25 bits per heavy atom. The first-order valence-corrected chi connectivity index (χ1v) is 10.0. The molecule has 0 aliphatic heterocycles. The molecule has 7 heteroatoms. The number of amides is 2. The lowest BCUT2D eigenvalue weighted by Crippen LogP contribution is -2.14. The van der Waals surface area contributed by atoms with E-state index < -0.39 is 0 Å². The highest BCUT2D eigenvalue weighted by Crippen LogP contribution is 2.30. The Hall–Kier alpha value is -4.39. The van der Waals surface area contributed by atoms with Crippen molar-refractivity contribution in [3.8, 4) is 22.7 Å². The zero-order chi connectivity index (χ0) is 22.5. The first kappa shape index (κ1) is 20.9. The van der Waals surface area contributed by atoms with Gasteiger partial charge in [-0.05, 0) is 30.3 Å². The Kier molecular flexibility index (Phi) is 5.98. The number of rotatable bonds is 6. The predicted molar refractivity (Wildman–Crippen MR) is 124 cm³/mol. The number of nitrogens with zero attached hydrogens (tertiary/aromatic N) is 2. The lowest BCUT2D eigenvalue weighted by molar-refractivity contribution is -0.114. The summed E-state index contributed by atoms with van der Waals surface area (Å²) in [6, 6.07) is 24.2. The number of nitrogens with one attached hydrogen (secondary N) is 2. The topological polar surface area (TPSA) is 85.3 Å². The number of hydrogen-bond acceptors (Lipinski definition) is 4. The van der Waals surface area contributed by atoms with Gasteiger partial charge >= 0.3 is 0 Å². The fourth-order valence-corrected chi connectivity index (χ4v) is 3.34. The second kappa shape index (κ2) is 9.18. The predicted octanol–water partition coefficient (Wildman–Crippen LogP) is 4.76. The minimum atomic E-state index is -0.343. The van der Waals surface area contributed by atoms with Crippen molar-refractivity contribution in [3.63, 3.8) is 0 Å². The number of carbonyl (C=O) groups excluding carboxylic acids is 2. The number of carbonyl (C=O) groups is 2. The van der Waals surface area contributed by atoms with E-state index in [2.05, 4.69) is 15.7 Å². The van der Waals surface area contributed by atoms with Gasteiger partial charge in [0, 0.05) is 24.4 Å². The van der Waals surface area contributed by atoms with Crippen LogP contribution in [-0.2, 0) is 4.79 Å². The third-order valence-electron chi connectivity index (χ3n) is 4.79. The van der Waals surface area contributed by atoms with Gasteiger partial charge in [-0.25, -0.2) is 4.68 Å². The normalized spacial score (nSPS) is 10.4. The molecule has 0 unspecified atom stereocenters. The number of anilines is 2. The molecular formula is C25H22N4O3. The van der Waals surface area contributed by atoms with Crippen LogP contribution in [-0.4, -0.2) is 28.7 Å². The van der Waals surface area contributed by atoms with Crippen molar-refractivity contribution in [2.24, 2.45) is 0 Å². The van der Waals surface area contributed by atoms with Crippen molar-refractivity contribution in [3.05, 3.63) is 90.6 Å². The van der Waals surface area contributed by atoms with Gasteiger partial charge in [0.2, 0.25) is 5.91 Å². The van der Waals surface area contributed by atoms with E-state index in [1.807, 2.05) is 60.7 Å². The fourth-order valence-electron chi connectivity index (χ4n) is 3.34. The van der Waals surface area contributed by atoms with Crippen LogP contribution in [0.25, 0.3) is 16.9 Å². The second-order valence-electron chi connectivity index (χ2n) is 7.09. The molecule has 4 rings (SSSR count). The van der Waals surface area contributed by atoms with Gasteiger partial charge in [-0.2, -0.15) is 5.10 Å². The first-order chi connectivity index (χ1) is 15.5. The van der Waals surface area contributed by atoms with E-state index in [0.717, 1.165) is 11.3 Å². The first-order valence-electron chi connectivity index (χ1n) is 10.0. The van der Waals surface area contributed by atoms with Gasteiger partial charge in [0.15, 0.2) is 0 Å². The number of aromatic nitrogens is 2. The molecule has 0 spiro atoms. The zero-order valence-electron chi connectivity index (χ0n) is 17.7. The van der Waals surface area contributed by atoms with Crippen molar-refractivity contribution in [1.29, 1.82) is 0 Å². The van der Waals surface area contributed by atoms with Crippen LogP contribution in [0.3, 0.4) is 0 Å². The minimum absolute atomic E-state index is 0.206. The zero-order valence-corrected chi connectivity index (χ0v) is 17.7. The van der Waals surface area contributed by atoms with Gasteiger partial charge in [-0.3, -0.25) is 9.59 Å². The summed E-state index contributed by atoms with van der Waals surface area (Å²) in [4.78, 5) is 24.8. The average molecular weight is 426 g/mol. The van der Waals surface area contributed by atoms with Crippen molar-refractivity contribution in [1.82, 2.24) is 9.78 Å². The molecule has 7 nitrogen and oxygen atoms in total. The monoisotopic (exact) mass is 426 g/mol. The Morgan fingerprint density at radius 2 is 1.59 bits per heavy atom. The molecule has 2 N–H and O–H groups in total. The summed E-state index contributed by atoms with van der Waals surface area (Å²) in [5.41, 5.74) is 3.63. The van der Waals surface area contributed by atoms with Gasteiger partial charge in [0.25, 0.3) is 5.91 Å². The molecule has 1 aromatic heterocycles. The van der Waals surface area contributed by atoms with Crippen LogP contribution in [0, 0.1) is 0 Å². The molecule has 0 bridgehead atoms. The van der Waals surface area contributed by atoms with Crippen molar-refractivity contribution >= 4 is 23.2 Å². The molecule has 0 saturated heterocycles. The van der Waals surface area contributed by atoms with Crippen molar-refractivity contribution in [2.45, 2.75) is 6.92 Å². The molecule has 1 heterocycles.